The van der Waals surface area contributed by atoms with E-state index in [1.165, 1.54) is 11.6 Å². The Labute approximate surface area is 192 Å². The minimum absolute atomic E-state index is 0.0314. The van der Waals surface area contributed by atoms with Gasteiger partial charge in [-0.05, 0) is 32.9 Å². The smallest absolute Gasteiger partial charge is 0.332 e. The summed E-state index contributed by atoms with van der Waals surface area (Å²) in [5.41, 5.74) is 2.02. The number of amides is 1. The van der Waals surface area contributed by atoms with Crippen molar-refractivity contribution < 1.29 is 9.32 Å². The van der Waals surface area contributed by atoms with Crippen LogP contribution in [0.3, 0.4) is 0 Å². The molecule has 3 heterocycles. The van der Waals surface area contributed by atoms with Crippen molar-refractivity contribution in [3.05, 3.63) is 62.0 Å². The quantitative estimate of drug-likeness (QED) is 0.351. The number of rotatable bonds is 5. The van der Waals surface area contributed by atoms with Crippen LogP contribution in [-0.2, 0) is 18.9 Å². The van der Waals surface area contributed by atoms with Crippen molar-refractivity contribution in [2.24, 2.45) is 14.1 Å². The molecule has 0 radical (unpaired) electrons. The van der Waals surface area contributed by atoms with Crippen LogP contribution in [0.15, 0.2) is 43.4 Å². The van der Waals surface area contributed by atoms with Crippen LogP contribution in [0.25, 0.3) is 22.4 Å². The molecule has 33 heavy (non-hydrogen) atoms. The van der Waals surface area contributed by atoms with Crippen molar-refractivity contribution in [2.45, 2.75) is 25.8 Å². The maximum absolute atomic E-state index is 12.9. The number of aromatic nitrogens is 5. The third-order valence-corrected chi connectivity index (χ3v) is 5.96. The van der Waals surface area contributed by atoms with E-state index in [2.05, 4.69) is 20.4 Å². The minimum Gasteiger partial charge on any atom is -0.360 e. The molecular formula is C22H22N6O4S. The normalized spacial score (nSPS) is 11.2. The van der Waals surface area contributed by atoms with Crippen LogP contribution in [0.4, 0.5) is 5.82 Å². The number of nitrogens with zero attached hydrogens (tertiary/aromatic N) is 5. The molecule has 0 bridgehead atoms. The number of thioether (sulfide) groups is 1. The number of carbonyl (C=O) groups excluding carboxylic acids is 1. The number of carbonyl (C=O) groups is 1. The number of anilines is 1. The van der Waals surface area contributed by atoms with E-state index in [1.54, 1.807) is 20.0 Å². The van der Waals surface area contributed by atoms with Gasteiger partial charge in [0.2, 0.25) is 5.91 Å². The third-order valence-electron chi connectivity index (χ3n) is 4.98. The van der Waals surface area contributed by atoms with Crippen molar-refractivity contribution >= 4 is 34.5 Å². The fourth-order valence-corrected chi connectivity index (χ4v) is 4.32. The van der Waals surface area contributed by atoms with Crippen molar-refractivity contribution in [2.75, 3.05) is 11.1 Å². The van der Waals surface area contributed by atoms with Gasteiger partial charge in [0.25, 0.3) is 5.56 Å². The number of nitrogens with one attached hydrogen (secondary N) is 1. The van der Waals surface area contributed by atoms with Crippen LogP contribution in [0.2, 0.25) is 0 Å². The lowest BCUT2D eigenvalue weighted by molar-refractivity contribution is -0.113. The van der Waals surface area contributed by atoms with Gasteiger partial charge in [-0.3, -0.25) is 18.7 Å². The number of hydrogen-bond donors (Lipinski definition) is 1. The largest absolute Gasteiger partial charge is 0.360 e. The Morgan fingerprint density at radius 1 is 1.03 bits per heavy atom. The SMILES string of the molecule is Cc1cc(C)cc(-c2nc(SCC(=O)Nc3cc(C)on3)c3c(=O)n(C)c(=O)n(C)c3n2)c1. The maximum atomic E-state index is 12.9. The van der Waals surface area contributed by atoms with E-state index < -0.39 is 11.2 Å². The first-order chi connectivity index (χ1) is 15.6. The van der Waals surface area contributed by atoms with E-state index in [0.29, 0.717) is 22.4 Å². The lowest BCUT2D eigenvalue weighted by Crippen LogP contribution is -2.37. The first-order valence-electron chi connectivity index (χ1n) is 10.1. The molecule has 0 aliphatic rings. The van der Waals surface area contributed by atoms with Gasteiger partial charge in [-0.25, -0.2) is 14.8 Å². The minimum atomic E-state index is -0.518. The Balaban J connectivity index is 1.81. The second kappa shape index (κ2) is 8.66. The van der Waals surface area contributed by atoms with Gasteiger partial charge in [-0.2, -0.15) is 0 Å². The molecule has 1 N–H and O–H groups in total. The Kier molecular flexibility index (Phi) is 5.90. The molecule has 0 atom stereocenters. The van der Waals surface area contributed by atoms with E-state index in [1.807, 2.05) is 32.0 Å². The topological polar surface area (TPSA) is 125 Å². The summed E-state index contributed by atoms with van der Waals surface area (Å²) in [6.45, 7) is 5.66. The summed E-state index contributed by atoms with van der Waals surface area (Å²) in [4.78, 5) is 47.1. The van der Waals surface area contributed by atoms with E-state index in [9.17, 15) is 14.4 Å². The van der Waals surface area contributed by atoms with Gasteiger partial charge in [0.15, 0.2) is 17.3 Å². The molecule has 4 aromatic rings. The zero-order chi connectivity index (χ0) is 23.9. The van der Waals surface area contributed by atoms with Crippen molar-refractivity contribution in [1.29, 1.82) is 0 Å². The summed E-state index contributed by atoms with van der Waals surface area (Å²) < 4.78 is 7.27. The highest BCUT2D eigenvalue weighted by Gasteiger charge is 2.19. The van der Waals surface area contributed by atoms with Crippen molar-refractivity contribution in [3.8, 4) is 11.4 Å². The van der Waals surface area contributed by atoms with E-state index in [-0.39, 0.29) is 22.7 Å². The Hall–Kier alpha value is -3.73. The van der Waals surface area contributed by atoms with Crippen molar-refractivity contribution in [3.63, 3.8) is 0 Å². The molecule has 0 saturated heterocycles. The molecule has 1 aromatic carbocycles. The maximum Gasteiger partial charge on any atom is 0.332 e. The van der Waals surface area contributed by atoms with Crippen LogP contribution in [0, 0.1) is 20.8 Å². The molecule has 0 unspecified atom stereocenters. The average molecular weight is 467 g/mol. The Bertz CT molecular complexity index is 1500. The standard InChI is InChI=1S/C22H22N6O4S/c1-11-6-12(2)8-14(7-11)18-24-19-17(21(30)28(5)22(31)27(19)4)20(25-18)33-10-16(29)23-15-9-13(3)32-26-15/h6-9H,10H2,1-5H3,(H,23,26,29). The first kappa shape index (κ1) is 22.5. The van der Waals surface area contributed by atoms with Crippen LogP contribution < -0.4 is 16.6 Å². The fourth-order valence-electron chi connectivity index (χ4n) is 3.50. The fraction of sp³-hybridized carbons (Fsp3) is 0.273. The average Bonchev–Trinajstić information content (AvgIpc) is 3.17. The second-order valence-corrected chi connectivity index (χ2v) is 8.76. The van der Waals surface area contributed by atoms with Gasteiger partial charge in [-0.1, -0.05) is 34.1 Å². The highest BCUT2D eigenvalue weighted by Crippen LogP contribution is 2.27. The van der Waals surface area contributed by atoms with Gasteiger partial charge in [-0.15, -0.1) is 0 Å². The van der Waals surface area contributed by atoms with E-state index in [4.69, 9.17) is 4.52 Å². The van der Waals surface area contributed by atoms with Gasteiger partial charge >= 0.3 is 5.69 Å². The van der Waals surface area contributed by atoms with E-state index >= 15 is 0 Å². The van der Waals surface area contributed by atoms with Crippen molar-refractivity contribution in [1.82, 2.24) is 24.3 Å². The molecular weight excluding hydrogens is 444 g/mol. The number of aryl methyl sites for hydroxylation is 4. The third kappa shape index (κ3) is 4.44. The lowest BCUT2D eigenvalue weighted by Gasteiger charge is -2.12. The van der Waals surface area contributed by atoms with Gasteiger partial charge < -0.3 is 9.84 Å². The van der Waals surface area contributed by atoms with Crippen LogP contribution in [0.1, 0.15) is 16.9 Å². The molecule has 3 aromatic heterocycles. The summed E-state index contributed by atoms with van der Waals surface area (Å²) in [5.74, 6) is 0.875. The lowest BCUT2D eigenvalue weighted by atomic mass is 10.1. The molecule has 10 nitrogen and oxygen atoms in total. The highest BCUT2D eigenvalue weighted by atomic mass is 32.2. The van der Waals surface area contributed by atoms with Gasteiger partial charge in [0.05, 0.1) is 5.75 Å². The zero-order valence-electron chi connectivity index (χ0n) is 18.8. The molecule has 0 aliphatic heterocycles. The summed E-state index contributed by atoms with van der Waals surface area (Å²) in [7, 11) is 2.95. The summed E-state index contributed by atoms with van der Waals surface area (Å²) >= 11 is 1.09. The summed E-state index contributed by atoms with van der Waals surface area (Å²) in [6, 6.07) is 7.50. The van der Waals surface area contributed by atoms with E-state index in [0.717, 1.165) is 33.0 Å². The number of fused-ring (bicyclic) bond motifs is 1. The molecule has 0 saturated carbocycles. The second-order valence-electron chi connectivity index (χ2n) is 7.79. The molecule has 4 rings (SSSR count). The molecule has 0 aliphatic carbocycles. The van der Waals surface area contributed by atoms with Crippen LogP contribution in [0.5, 0.6) is 0 Å². The number of benzene rings is 1. The van der Waals surface area contributed by atoms with Gasteiger partial charge in [0.1, 0.15) is 16.2 Å². The Morgan fingerprint density at radius 3 is 2.36 bits per heavy atom. The van der Waals surface area contributed by atoms with Gasteiger partial charge in [0, 0.05) is 25.7 Å². The summed E-state index contributed by atoms with van der Waals surface area (Å²) in [6.07, 6.45) is 0. The highest BCUT2D eigenvalue weighted by molar-refractivity contribution is 8.00. The molecule has 11 heteroatoms. The predicted molar refractivity (Wildman–Crippen MR) is 126 cm³/mol. The van der Waals surface area contributed by atoms with Crippen LogP contribution in [-0.4, -0.2) is 35.9 Å². The zero-order valence-corrected chi connectivity index (χ0v) is 19.6. The monoisotopic (exact) mass is 466 g/mol. The molecule has 1 amide bonds. The molecule has 170 valence electrons. The predicted octanol–water partition coefficient (Wildman–Crippen LogP) is 2.34. The van der Waals surface area contributed by atoms with Crippen LogP contribution >= 0.6 is 11.8 Å². The molecule has 0 fully saturated rings. The molecule has 0 spiro atoms. The first-order valence-corrected chi connectivity index (χ1v) is 11.0. The summed E-state index contributed by atoms with van der Waals surface area (Å²) in [5, 5.41) is 6.89. The Morgan fingerprint density at radius 2 is 1.73 bits per heavy atom. The number of hydrogen-bond acceptors (Lipinski definition) is 8.